The third kappa shape index (κ3) is 5.91. The molecule has 43 heavy (non-hydrogen) atoms. The van der Waals surface area contributed by atoms with Gasteiger partial charge in [-0.1, -0.05) is 37.3 Å². The fourth-order valence-corrected chi connectivity index (χ4v) is 10.1. The second kappa shape index (κ2) is 14.0. The molecule has 1 N–H and O–H groups in total. The van der Waals surface area contributed by atoms with Crippen LogP contribution in [0.5, 0.6) is 0 Å². The third-order valence-electron chi connectivity index (χ3n) is 9.67. The van der Waals surface area contributed by atoms with E-state index < -0.39 is 22.6 Å². The Bertz CT molecular complexity index is 1180. The lowest BCUT2D eigenvalue weighted by atomic mass is 9.65. The van der Waals surface area contributed by atoms with Gasteiger partial charge in [0.2, 0.25) is 17.7 Å². The summed E-state index contributed by atoms with van der Waals surface area (Å²) in [6.07, 6.45) is 5.39. The first-order chi connectivity index (χ1) is 20.9. The number of aliphatic hydroxyl groups is 1. The predicted octanol–water partition coefficient (Wildman–Crippen LogP) is 2.66. The lowest BCUT2D eigenvalue weighted by Gasteiger charge is -2.41. The number of ether oxygens (including phenoxy) is 1. The Morgan fingerprint density at radius 3 is 2.49 bits per heavy atom. The molecule has 2 bridgehead atoms. The molecule has 4 aliphatic heterocycles. The highest BCUT2D eigenvalue weighted by Crippen LogP contribution is 2.69. The first-order valence-corrected chi connectivity index (χ1v) is 16.5. The number of aliphatic hydroxyl groups excluding tert-OH is 1. The van der Waals surface area contributed by atoms with Gasteiger partial charge in [0.25, 0.3) is 0 Å². The van der Waals surface area contributed by atoms with E-state index in [1.54, 1.807) is 33.7 Å². The first-order valence-electron chi connectivity index (χ1n) is 15.6. The number of thioether (sulfide) groups is 1. The van der Waals surface area contributed by atoms with Crippen LogP contribution in [0.25, 0.3) is 0 Å². The number of nitrogens with zero attached hydrogens (tertiary/aromatic N) is 4. The molecule has 0 aromatic heterocycles. The van der Waals surface area contributed by atoms with Gasteiger partial charge in [0.05, 0.1) is 29.8 Å². The summed E-state index contributed by atoms with van der Waals surface area (Å²) in [4.78, 5) is 51.2. The van der Waals surface area contributed by atoms with Gasteiger partial charge in [-0.15, -0.1) is 24.9 Å². The van der Waals surface area contributed by atoms with Crippen molar-refractivity contribution in [2.45, 2.75) is 42.2 Å². The monoisotopic (exact) mass is 610 g/mol. The molecule has 4 heterocycles. The molecule has 3 unspecified atom stereocenters. The van der Waals surface area contributed by atoms with E-state index in [0.717, 1.165) is 31.7 Å². The Hall–Kier alpha value is -2.66. The highest BCUT2D eigenvalue weighted by molar-refractivity contribution is 8.02. The quantitative estimate of drug-likeness (QED) is 0.256. The van der Waals surface area contributed by atoms with E-state index in [9.17, 15) is 19.5 Å². The number of amides is 3. The van der Waals surface area contributed by atoms with Crippen LogP contribution in [0.1, 0.15) is 26.2 Å². The molecule has 1 aromatic carbocycles. The maximum Gasteiger partial charge on any atom is 0.247 e. The van der Waals surface area contributed by atoms with Crippen molar-refractivity contribution >= 4 is 35.2 Å². The fraction of sp³-hybridized carbons (Fsp3) is 0.606. The van der Waals surface area contributed by atoms with Gasteiger partial charge in [-0.3, -0.25) is 19.3 Å². The number of fused-ring (bicyclic) bond motifs is 1. The maximum absolute atomic E-state index is 14.7. The molecule has 0 radical (unpaired) electrons. The van der Waals surface area contributed by atoms with Crippen LogP contribution in [-0.4, -0.2) is 119 Å². The second-order valence-electron chi connectivity index (χ2n) is 12.1. The van der Waals surface area contributed by atoms with Crippen LogP contribution in [0.15, 0.2) is 55.6 Å². The highest BCUT2D eigenvalue weighted by Gasteiger charge is 2.76. The molecule has 1 aromatic rings. The summed E-state index contributed by atoms with van der Waals surface area (Å²) in [5.41, 5.74) is 0.778. The number of hydrogen-bond donors (Lipinski definition) is 1. The molecule has 4 fully saturated rings. The lowest BCUT2D eigenvalue weighted by Crippen LogP contribution is -2.58. The Morgan fingerprint density at radius 1 is 1.09 bits per heavy atom. The predicted molar refractivity (Wildman–Crippen MR) is 170 cm³/mol. The van der Waals surface area contributed by atoms with Crippen LogP contribution in [0, 0.1) is 17.8 Å². The van der Waals surface area contributed by atoms with Crippen molar-refractivity contribution in [2.24, 2.45) is 17.8 Å². The van der Waals surface area contributed by atoms with E-state index >= 15 is 0 Å². The molecule has 234 valence electrons. The molecule has 1 spiro atoms. The zero-order valence-electron chi connectivity index (χ0n) is 25.3. The number of morpholine rings is 1. The van der Waals surface area contributed by atoms with Gasteiger partial charge in [0.1, 0.15) is 6.04 Å². The average Bonchev–Trinajstić information content (AvgIpc) is 3.62. The number of anilines is 1. The molecule has 0 saturated carbocycles. The standard InChI is InChI=1S/C33H46N4O5S/c1-4-13-35(17-16-34-18-21-42-22-19-34)32(41)29-33-24(3)23-26(43-33)27(28(33)31(40)37(29)15-9-10-20-38)30(39)36(14-5-2)25-11-7-6-8-12-25/h4-8,11-12,24,26-29,38H,1-2,9-10,13-23H2,3H3/t24?,26-,27+,28+,29?,33?/m1/s1. The van der Waals surface area contributed by atoms with Crippen LogP contribution in [0.3, 0.4) is 0 Å². The minimum Gasteiger partial charge on any atom is -0.396 e. The van der Waals surface area contributed by atoms with Crippen molar-refractivity contribution in [3.8, 4) is 0 Å². The summed E-state index contributed by atoms with van der Waals surface area (Å²) in [5.74, 6) is -1.25. The molecular weight excluding hydrogens is 564 g/mol. The van der Waals surface area contributed by atoms with E-state index in [0.29, 0.717) is 52.2 Å². The first kappa shape index (κ1) is 31.8. The van der Waals surface area contributed by atoms with Crippen molar-refractivity contribution in [2.75, 3.05) is 70.5 Å². The molecule has 0 aliphatic carbocycles. The molecule has 5 rings (SSSR count). The smallest absolute Gasteiger partial charge is 0.247 e. The number of carbonyl (C=O) groups is 3. The maximum atomic E-state index is 14.7. The van der Waals surface area contributed by atoms with Crippen LogP contribution >= 0.6 is 11.8 Å². The van der Waals surface area contributed by atoms with Gasteiger partial charge in [-0.2, -0.15) is 0 Å². The number of unbranched alkanes of at least 4 members (excludes halogenated alkanes) is 1. The molecule has 4 saturated heterocycles. The van der Waals surface area contributed by atoms with Gasteiger partial charge < -0.3 is 24.5 Å². The number of likely N-dealkylation sites (tertiary alicyclic amines) is 1. The van der Waals surface area contributed by atoms with Crippen molar-refractivity contribution in [3.63, 3.8) is 0 Å². The van der Waals surface area contributed by atoms with Gasteiger partial charge in [0, 0.05) is 63.4 Å². The average molecular weight is 611 g/mol. The number of benzene rings is 1. The van der Waals surface area contributed by atoms with Crippen molar-refractivity contribution in [1.82, 2.24) is 14.7 Å². The van der Waals surface area contributed by atoms with E-state index in [4.69, 9.17) is 4.74 Å². The minimum absolute atomic E-state index is 0.0271. The number of hydrogen-bond acceptors (Lipinski definition) is 7. The summed E-state index contributed by atoms with van der Waals surface area (Å²) in [6, 6.07) is 8.87. The van der Waals surface area contributed by atoms with E-state index in [1.165, 1.54) is 0 Å². The largest absolute Gasteiger partial charge is 0.396 e. The van der Waals surface area contributed by atoms with Crippen molar-refractivity contribution in [1.29, 1.82) is 0 Å². The number of rotatable bonds is 14. The Labute approximate surface area is 259 Å². The summed E-state index contributed by atoms with van der Waals surface area (Å²) < 4.78 is 4.81. The van der Waals surface area contributed by atoms with Crippen LogP contribution in [0.2, 0.25) is 0 Å². The molecule has 4 aliphatic rings. The van der Waals surface area contributed by atoms with E-state index in [-0.39, 0.29) is 35.5 Å². The fourth-order valence-electron chi connectivity index (χ4n) is 7.66. The molecule has 3 amide bonds. The summed E-state index contributed by atoms with van der Waals surface area (Å²) >= 11 is 1.70. The summed E-state index contributed by atoms with van der Waals surface area (Å²) in [6.45, 7) is 15.4. The van der Waals surface area contributed by atoms with Crippen LogP contribution < -0.4 is 4.90 Å². The van der Waals surface area contributed by atoms with Gasteiger partial charge in [-0.05, 0) is 37.3 Å². The van der Waals surface area contributed by atoms with Gasteiger partial charge in [-0.25, -0.2) is 0 Å². The molecular formula is C33H46N4O5S. The van der Waals surface area contributed by atoms with Crippen LogP contribution in [-0.2, 0) is 19.1 Å². The zero-order valence-corrected chi connectivity index (χ0v) is 26.1. The van der Waals surface area contributed by atoms with E-state index in [1.807, 2.05) is 35.2 Å². The van der Waals surface area contributed by atoms with Crippen LogP contribution in [0.4, 0.5) is 5.69 Å². The summed E-state index contributed by atoms with van der Waals surface area (Å²) in [7, 11) is 0. The third-order valence-corrected chi connectivity index (χ3v) is 11.7. The molecule has 6 atom stereocenters. The lowest BCUT2D eigenvalue weighted by molar-refractivity contribution is -0.143. The molecule has 9 nitrogen and oxygen atoms in total. The number of carbonyl (C=O) groups excluding carboxylic acids is 3. The normalized spacial score (nSPS) is 29.9. The zero-order chi connectivity index (χ0) is 30.6. The van der Waals surface area contributed by atoms with Gasteiger partial charge >= 0.3 is 0 Å². The Kier molecular flexibility index (Phi) is 10.3. The SMILES string of the molecule is C=CCN(CCN1CCOCC1)C(=O)C1N(CCCCO)C(=O)[C@@H]2[C@@H](C(=O)N(CC=C)c3ccccc3)[C@H]3CC(C)C12S3. The minimum atomic E-state index is -0.687. The second-order valence-corrected chi connectivity index (χ2v) is 13.7. The van der Waals surface area contributed by atoms with Crippen molar-refractivity contribution in [3.05, 3.63) is 55.6 Å². The summed E-state index contributed by atoms with van der Waals surface area (Å²) in [5, 5.41) is 9.47. The number of para-hydroxylation sites is 1. The Balaban J connectivity index is 1.48. The van der Waals surface area contributed by atoms with Crippen molar-refractivity contribution < 1.29 is 24.2 Å². The molecule has 10 heteroatoms. The Morgan fingerprint density at radius 2 is 1.81 bits per heavy atom. The van der Waals surface area contributed by atoms with Gasteiger partial charge in [0.15, 0.2) is 0 Å². The van der Waals surface area contributed by atoms with E-state index in [2.05, 4.69) is 25.0 Å². The highest BCUT2D eigenvalue weighted by atomic mass is 32.2. The topological polar surface area (TPSA) is 93.6 Å².